The Morgan fingerprint density at radius 3 is 2.65 bits per heavy atom. The van der Waals surface area contributed by atoms with Gasteiger partial charge in [0.1, 0.15) is 5.01 Å². The number of nitrogens with zero attached hydrogens (tertiary/aromatic N) is 2. The van der Waals surface area contributed by atoms with Crippen LogP contribution in [0.25, 0.3) is 10.6 Å². The van der Waals surface area contributed by atoms with Gasteiger partial charge in [-0.25, -0.2) is 0 Å². The van der Waals surface area contributed by atoms with Crippen molar-refractivity contribution in [2.45, 2.75) is 32.2 Å². The summed E-state index contributed by atoms with van der Waals surface area (Å²) in [6, 6.07) is 9.85. The van der Waals surface area contributed by atoms with Crippen LogP contribution in [0.5, 0.6) is 0 Å². The van der Waals surface area contributed by atoms with Crippen molar-refractivity contribution >= 4 is 22.4 Å². The topological polar surface area (TPSA) is 75.1 Å². The Hall–Kier alpha value is -1.95. The first-order valence-electron chi connectivity index (χ1n) is 6.35. The molecule has 1 aromatic carbocycles. The van der Waals surface area contributed by atoms with E-state index in [0.29, 0.717) is 11.6 Å². The van der Waals surface area contributed by atoms with Crippen molar-refractivity contribution in [1.29, 1.82) is 0 Å². The largest absolute Gasteiger partial charge is 0.481 e. The van der Waals surface area contributed by atoms with Crippen molar-refractivity contribution in [3.8, 4) is 10.6 Å². The van der Waals surface area contributed by atoms with Gasteiger partial charge in [-0.15, -0.1) is 10.2 Å². The minimum atomic E-state index is -0.790. The Morgan fingerprint density at radius 2 is 2.00 bits per heavy atom. The number of nitrogens with one attached hydrogen (secondary N) is 1. The molecule has 0 spiro atoms. The maximum Gasteiger partial charge on any atom is 0.303 e. The number of anilines is 1. The van der Waals surface area contributed by atoms with Gasteiger partial charge in [-0.1, -0.05) is 41.7 Å². The minimum Gasteiger partial charge on any atom is -0.481 e. The van der Waals surface area contributed by atoms with Crippen LogP contribution >= 0.6 is 11.3 Å². The summed E-state index contributed by atoms with van der Waals surface area (Å²) < 4.78 is 0. The molecule has 0 saturated heterocycles. The molecule has 2 rings (SSSR count). The zero-order chi connectivity index (χ0) is 14.6. The Balaban J connectivity index is 2.04. The lowest BCUT2D eigenvalue weighted by Crippen LogP contribution is -2.31. The van der Waals surface area contributed by atoms with E-state index in [1.807, 2.05) is 44.2 Å². The molecule has 6 heteroatoms. The highest BCUT2D eigenvalue weighted by Crippen LogP contribution is 2.28. The van der Waals surface area contributed by atoms with Crippen LogP contribution < -0.4 is 5.32 Å². The number of benzene rings is 1. The highest BCUT2D eigenvalue weighted by Gasteiger charge is 2.20. The number of carboxylic acid groups (broad SMARTS) is 1. The monoisotopic (exact) mass is 291 g/mol. The van der Waals surface area contributed by atoms with Gasteiger partial charge in [0.05, 0.1) is 0 Å². The fraction of sp³-hybridized carbons (Fsp3) is 0.357. The van der Waals surface area contributed by atoms with Gasteiger partial charge in [-0.05, 0) is 20.3 Å². The summed E-state index contributed by atoms with van der Waals surface area (Å²) >= 11 is 1.47. The van der Waals surface area contributed by atoms with Gasteiger partial charge >= 0.3 is 5.97 Å². The van der Waals surface area contributed by atoms with E-state index < -0.39 is 5.97 Å². The van der Waals surface area contributed by atoms with Crippen molar-refractivity contribution in [2.24, 2.45) is 0 Å². The van der Waals surface area contributed by atoms with Crippen LogP contribution in [0.3, 0.4) is 0 Å². The average Bonchev–Trinajstić information content (AvgIpc) is 2.85. The number of aliphatic carboxylic acids is 1. The van der Waals surface area contributed by atoms with E-state index in [1.165, 1.54) is 11.3 Å². The fourth-order valence-corrected chi connectivity index (χ4v) is 2.67. The van der Waals surface area contributed by atoms with Gasteiger partial charge < -0.3 is 10.4 Å². The normalized spacial score (nSPS) is 11.3. The van der Waals surface area contributed by atoms with E-state index in [-0.39, 0.29) is 12.0 Å². The lowest BCUT2D eigenvalue weighted by atomic mass is 9.99. The van der Waals surface area contributed by atoms with Crippen LogP contribution in [0.15, 0.2) is 30.3 Å². The molecule has 0 fully saturated rings. The Bertz CT molecular complexity index is 581. The molecule has 20 heavy (non-hydrogen) atoms. The maximum atomic E-state index is 10.6. The van der Waals surface area contributed by atoms with Crippen LogP contribution in [0, 0.1) is 0 Å². The summed E-state index contributed by atoms with van der Waals surface area (Å²) in [6.07, 6.45) is 0.660. The van der Waals surface area contributed by atoms with E-state index in [9.17, 15) is 4.79 Å². The van der Waals surface area contributed by atoms with Gasteiger partial charge in [-0.2, -0.15) is 0 Å². The number of carbonyl (C=O) groups is 1. The molecule has 0 aliphatic carbocycles. The highest BCUT2D eigenvalue weighted by atomic mass is 32.1. The molecule has 0 saturated carbocycles. The van der Waals surface area contributed by atoms with Gasteiger partial charge in [0, 0.05) is 17.5 Å². The first kappa shape index (κ1) is 14.5. The Kier molecular flexibility index (Phi) is 4.34. The summed E-state index contributed by atoms with van der Waals surface area (Å²) in [4.78, 5) is 10.6. The van der Waals surface area contributed by atoms with E-state index in [0.717, 1.165) is 10.6 Å². The quantitative estimate of drug-likeness (QED) is 0.854. The summed E-state index contributed by atoms with van der Waals surface area (Å²) in [5.74, 6) is -0.790. The van der Waals surface area contributed by atoms with Gasteiger partial charge in [-0.3, -0.25) is 4.79 Å². The lowest BCUT2D eigenvalue weighted by molar-refractivity contribution is -0.137. The molecule has 0 aliphatic heterocycles. The Morgan fingerprint density at radius 1 is 1.30 bits per heavy atom. The second-order valence-electron chi connectivity index (χ2n) is 5.18. The molecule has 0 aliphatic rings. The van der Waals surface area contributed by atoms with E-state index >= 15 is 0 Å². The third-order valence-electron chi connectivity index (χ3n) is 2.85. The summed E-state index contributed by atoms with van der Waals surface area (Å²) in [5.41, 5.74) is 0.702. The molecule has 0 atom stereocenters. The van der Waals surface area contributed by atoms with Gasteiger partial charge in [0.15, 0.2) is 0 Å². The first-order valence-corrected chi connectivity index (χ1v) is 7.17. The molecule has 1 aromatic heterocycles. The summed E-state index contributed by atoms with van der Waals surface area (Å²) in [6.45, 7) is 3.92. The molecular formula is C14H17N3O2S. The number of aromatic nitrogens is 2. The molecule has 0 amide bonds. The third-order valence-corrected chi connectivity index (χ3v) is 3.74. The molecule has 2 aromatic rings. The standard InChI is InChI=1S/C14H17N3O2S/c1-14(2,9-8-11(18)19)15-13-17-16-12(20-13)10-6-4-3-5-7-10/h3-7H,8-9H2,1-2H3,(H,15,17)(H,18,19). The van der Waals surface area contributed by atoms with E-state index in [1.54, 1.807) is 0 Å². The number of rotatable bonds is 6. The van der Waals surface area contributed by atoms with Crippen LogP contribution in [0.1, 0.15) is 26.7 Å². The molecule has 5 nitrogen and oxygen atoms in total. The van der Waals surface area contributed by atoms with Crippen LogP contribution in [-0.2, 0) is 4.79 Å². The molecule has 0 bridgehead atoms. The molecule has 2 N–H and O–H groups in total. The lowest BCUT2D eigenvalue weighted by Gasteiger charge is -2.24. The second-order valence-corrected chi connectivity index (χ2v) is 6.16. The van der Waals surface area contributed by atoms with Crippen molar-refractivity contribution in [3.63, 3.8) is 0 Å². The average molecular weight is 291 g/mol. The highest BCUT2D eigenvalue weighted by molar-refractivity contribution is 7.18. The molecule has 106 valence electrons. The van der Waals surface area contributed by atoms with E-state index in [2.05, 4.69) is 15.5 Å². The molecular weight excluding hydrogens is 274 g/mol. The fourth-order valence-electron chi connectivity index (χ4n) is 1.74. The van der Waals surface area contributed by atoms with Crippen molar-refractivity contribution in [1.82, 2.24) is 10.2 Å². The zero-order valence-electron chi connectivity index (χ0n) is 11.5. The summed E-state index contributed by atoms with van der Waals surface area (Å²) in [7, 11) is 0. The predicted octanol–water partition coefficient (Wildman–Crippen LogP) is 3.26. The van der Waals surface area contributed by atoms with Gasteiger partial charge in [0.2, 0.25) is 5.13 Å². The van der Waals surface area contributed by atoms with Crippen molar-refractivity contribution < 1.29 is 9.90 Å². The summed E-state index contributed by atoms with van der Waals surface area (Å²) in [5, 5.41) is 21.8. The number of hydrogen-bond donors (Lipinski definition) is 2. The SMILES string of the molecule is CC(C)(CCC(=O)O)Nc1nnc(-c2ccccc2)s1. The smallest absolute Gasteiger partial charge is 0.303 e. The number of carboxylic acids is 1. The minimum absolute atomic E-state index is 0.129. The molecule has 0 radical (unpaired) electrons. The zero-order valence-corrected chi connectivity index (χ0v) is 12.3. The number of hydrogen-bond acceptors (Lipinski definition) is 5. The maximum absolute atomic E-state index is 10.6. The van der Waals surface area contributed by atoms with Crippen LogP contribution in [-0.4, -0.2) is 26.8 Å². The predicted molar refractivity (Wildman–Crippen MR) is 79.9 cm³/mol. The Labute approximate surface area is 121 Å². The van der Waals surface area contributed by atoms with E-state index in [4.69, 9.17) is 5.11 Å². The first-order chi connectivity index (χ1) is 9.46. The third kappa shape index (κ3) is 4.03. The van der Waals surface area contributed by atoms with Crippen molar-refractivity contribution in [3.05, 3.63) is 30.3 Å². The van der Waals surface area contributed by atoms with Crippen molar-refractivity contribution in [2.75, 3.05) is 5.32 Å². The van der Waals surface area contributed by atoms with Gasteiger partial charge in [0.25, 0.3) is 0 Å². The molecule has 0 unspecified atom stereocenters. The molecule has 1 heterocycles. The van der Waals surface area contributed by atoms with Crippen LogP contribution in [0.4, 0.5) is 5.13 Å². The second kappa shape index (κ2) is 6.00. The van der Waals surface area contributed by atoms with Crippen LogP contribution in [0.2, 0.25) is 0 Å².